The summed E-state index contributed by atoms with van der Waals surface area (Å²) in [6.07, 6.45) is 5.48. The fourth-order valence-corrected chi connectivity index (χ4v) is 2.36. The van der Waals surface area contributed by atoms with Crippen molar-refractivity contribution in [1.82, 2.24) is 10.2 Å². The van der Waals surface area contributed by atoms with Crippen molar-refractivity contribution in [2.75, 3.05) is 26.2 Å². The predicted molar refractivity (Wildman–Crippen MR) is 67.2 cm³/mol. The SMILES string of the molecule is CCNC(C)CCCN1CCC(C)CC1. The third kappa shape index (κ3) is 5.53. The van der Waals surface area contributed by atoms with Crippen molar-refractivity contribution in [2.24, 2.45) is 5.92 Å². The van der Waals surface area contributed by atoms with E-state index in [0.717, 1.165) is 12.5 Å². The van der Waals surface area contributed by atoms with Crippen LogP contribution in [0, 0.1) is 5.92 Å². The second-order valence-corrected chi connectivity index (χ2v) is 5.13. The zero-order chi connectivity index (χ0) is 11.1. The van der Waals surface area contributed by atoms with Crippen LogP contribution >= 0.6 is 0 Å². The van der Waals surface area contributed by atoms with Gasteiger partial charge >= 0.3 is 0 Å². The Morgan fingerprint density at radius 1 is 1.33 bits per heavy atom. The van der Waals surface area contributed by atoms with Crippen LogP contribution in [0.4, 0.5) is 0 Å². The molecule has 0 amide bonds. The fourth-order valence-electron chi connectivity index (χ4n) is 2.36. The summed E-state index contributed by atoms with van der Waals surface area (Å²) in [6.45, 7) is 11.9. The van der Waals surface area contributed by atoms with Crippen LogP contribution in [0.25, 0.3) is 0 Å². The number of piperidine rings is 1. The van der Waals surface area contributed by atoms with Gasteiger partial charge in [-0.1, -0.05) is 13.8 Å². The van der Waals surface area contributed by atoms with Gasteiger partial charge in [0, 0.05) is 6.04 Å². The van der Waals surface area contributed by atoms with Crippen LogP contribution in [0.3, 0.4) is 0 Å². The van der Waals surface area contributed by atoms with Gasteiger partial charge in [0.1, 0.15) is 0 Å². The van der Waals surface area contributed by atoms with Gasteiger partial charge in [0.05, 0.1) is 0 Å². The van der Waals surface area contributed by atoms with Crippen molar-refractivity contribution in [3.05, 3.63) is 0 Å². The second-order valence-electron chi connectivity index (χ2n) is 5.13. The van der Waals surface area contributed by atoms with E-state index >= 15 is 0 Å². The third-order valence-electron chi connectivity index (χ3n) is 3.54. The minimum absolute atomic E-state index is 0.693. The Balaban J connectivity index is 2.00. The highest BCUT2D eigenvalue weighted by atomic mass is 15.1. The number of hydrogen-bond acceptors (Lipinski definition) is 2. The zero-order valence-electron chi connectivity index (χ0n) is 10.8. The summed E-state index contributed by atoms with van der Waals surface area (Å²) in [6, 6.07) is 0.693. The lowest BCUT2D eigenvalue weighted by molar-refractivity contribution is 0.188. The van der Waals surface area contributed by atoms with Crippen molar-refractivity contribution in [1.29, 1.82) is 0 Å². The molecule has 0 aromatic carbocycles. The first-order valence-electron chi connectivity index (χ1n) is 6.68. The first-order valence-corrected chi connectivity index (χ1v) is 6.68. The van der Waals surface area contributed by atoms with E-state index in [1.54, 1.807) is 0 Å². The van der Waals surface area contributed by atoms with Gasteiger partial charge in [-0.3, -0.25) is 0 Å². The van der Waals surface area contributed by atoms with Gasteiger partial charge in [-0.25, -0.2) is 0 Å². The summed E-state index contributed by atoms with van der Waals surface area (Å²) in [7, 11) is 0. The summed E-state index contributed by atoms with van der Waals surface area (Å²) >= 11 is 0. The average Bonchev–Trinajstić information content (AvgIpc) is 2.21. The van der Waals surface area contributed by atoms with Crippen LogP contribution in [0.5, 0.6) is 0 Å². The van der Waals surface area contributed by atoms with E-state index in [4.69, 9.17) is 0 Å². The van der Waals surface area contributed by atoms with Gasteiger partial charge in [0.2, 0.25) is 0 Å². The molecule has 1 saturated heterocycles. The summed E-state index contributed by atoms with van der Waals surface area (Å²) in [5.41, 5.74) is 0. The van der Waals surface area contributed by atoms with Crippen molar-refractivity contribution in [3.63, 3.8) is 0 Å². The van der Waals surface area contributed by atoms with E-state index in [1.165, 1.54) is 45.3 Å². The Bertz CT molecular complexity index is 151. The quantitative estimate of drug-likeness (QED) is 0.728. The molecule has 1 rings (SSSR count). The average molecular weight is 212 g/mol. The molecule has 0 aromatic rings. The van der Waals surface area contributed by atoms with Gasteiger partial charge in [0.15, 0.2) is 0 Å². The Hall–Kier alpha value is -0.0800. The van der Waals surface area contributed by atoms with Crippen LogP contribution in [0.2, 0.25) is 0 Å². The maximum Gasteiger partial charge on any atom is 0.00390 e. The molecule has 1 fully saturated rings. The molecule has 2 heteroatoms. The number of nitrogens with zero attached hydrogens (tertiary/aromatic N) is 1. The topological polar surface area (TPSA) is 15.3 Å². The van der Waals surface area contributed by atoms with Crippen LogP contribution in [0.1, 0.15) is 46.5 Å². The highest BCUT2D eigenvalue weighted by Crippen LogP contribution is 2.16. The summed E-state index contributed by atoms with van der Waals surface area (Å²) in [4.78, 5) is 2.64. The number of rotatable bonds is 6. The first kappa shape index (κ1) is 13.0. The molecule has 1 aliphatic rings. The molecule has 90 valence electrons. The molecule has 0 spiro atoms. The molecular formula is C13H28N2. The minimum atomic E-state index is 0.693. The lowest BCUT2D eigenvalue weighted by Crippen LogP contribution is -2.34. The van der Waals surface area contributed by atoms with E-state index in [0.29, 0.717) is 6.04 Å². The van der Waals surface area contributed by atoms with E-state index in [1.807, 2.05) is 0 Å². The minimum Gasteiger partial charge on any atom is -0.315 e. The summed E-state index contributed by atoms with van der Waals surface area (Å²) < 4.78 is 0. The molecule has 1 aliphatic heterocycles. The third-order valence-corrected chi connectivity index (χ3v) is 3.54. The molecule has 0 saturated carbocycles. The number of likely N-dealkylation sites (tertiary alicyclic amines) is 1. The Labute approximate surface area is 95.4 Å². The van der Waals surface area contributed by atoms with Gasteiger partial charge in [-0.05, 0) is 64.7 Å². The standard InChI is InChI=1S/C13H28N2/c1-4-14-13(3)6-5-9-15-10-7-12(2)8-11-15/h12-14H,4-11H2,1-3H3. The fraction of sp³-hybridized carbons (Fsp3) is 1.00. The number of nitrogens with one attached hydrogen (secondary N) is 1. The second kappa shape index (κ2) is 7.24. The van der Waals surface area contributed by atoms with Crippen molar-refractivity contribution in [3.8, 4) is 0 Å². The van der Waals surface area contributed by atoms with Gasteiger partial charge in [-0.2, -0.15) is 0 Å². The Morgan fingerprint density at radius 3 is 2.60 bits per heavy atom. The van der Waals surface area contributed by atoms with Gasteiger partial charge in [-0.15, -0.1) is 0 Å². The van der Waals surface area contributed by atoms with Crippen molar-refractivity contribution in [2.45, 2.75) is 52.5 Å². The highest BCUT2D eigenvalue weighted by Gasteiger charge is 2.14. The van der Waals surface area contributed by atoms with Crippen molar-refractivity contribution >= 4 is 0 Å². The molecule has 2 nitrogen and oxygen atoms in total. The molecule has 1 atom stereocenters. The highest BCUT2D eigenvalue weighted by molar-refractivity contribution is 4.70. The van der Waals surface area contributed by atoms with Crippen LogP contribution in [-0.2, 0) is 0 Å². The smallest absolute Gasteiger partial charge is 0.00390 e. The first-order chi connectivity index (χ1) is 7.22. The summed E-state index contributed by atoms with van der Waals surface area (Å²) in [5, 5.41) is 3.47. The van der Waals surface area contributed by atoms with Crippen LogP contribution in [-0.4, -0.2) is 37.1 Å². The van der Waals surface area contributed by atoms with Gasteiger partial charge < -0.3 is 10.2 Å². The van der Waals surface area contributed by atoms with Crippen LogP contribution in [0.15, 0.2) is 0 Å². The largest absolute Gasteiger partial charge is 0.315 e. The molecule has 0 aliphatic carbocycles. The normalized spacial score (nSPS) is 21.8. The van der Waals surface area contributed by atoms with E-state index in [-0.39, 0.29) is 0 Å². The van der Waals surface area contributed by atoms with Gasteiger partial charge in [0.25, 0.3) is 0 Å². The molecule has 1 unspecified atom stereocenters. The molecule has 1 N–H and O–H groups in total. The maximum atomic E-state index is 3.47. The number of hydrogen-bond donors (Lipinski definition) is 1. The maximum absolute atomic E-state index is 3.47. The molecular weight excluding hydrogens is 184 g/mol. The molecule has 0 bridgehead atoms. The lowest BCUT2D eigenvalue weighted by Gasteiger charge is -2.30. The lowest BCUT2D eigenvalue weighted by atomic mass is 9.99. The van der Waals surface area contributed by atoms with E-state index in [9.17, 15) is 0 Å². The Kier molecular flexibility index (Phi) is 6.26. The molecule has 1 heterocycles. The zero-order valence-corrected chi connectivity index (χ0v) is 10.8. The molecule has 0 aromatic heterocycles. The summed E-state index contributed by atoms with van der Waals surface area (Å²) in [5.74, 6) is 0.960. The van der Waals surface area contributed by atoms with E-state index in [2.05, 4.69) is 31.0 Å². The monoisotopic (exact) mass is 212 g/mol. The van der Waals surface area contributed by atoms with Crippen LogP contribution < -0.4 is 5.32 Å². The molecule has 15 heavy (non-hydrogen) atoms. The Morgan fingerprint density at radius 2 is 2.00 bits per heavy atom. The van der Waals surface area contributed by atoms with Crippen molar-refractivity contribution < 1.29 is 0 Å². The predicted octanol–water partition coefficient (Wildman–Crippen LogP) is 2.50. The molecule has 0 radical (unpaired) electrons. The van der Waals surface area contributed by atoms with E-state index < -0.39 is 0 Å².